The Morgan fingerprint density at radius 3 is 2.28 bits per heavy atom. The average Bonchev–Trinajstić information content (AvgIpc) is 2.90. The summed E-state index contributed by atoms with van der Waals surface area (Å²) in [4.78, 5) is 13.2. The van der Waals surface area contributed by atoms with Crippen molar-refractivity contribution in [3.63, 3.8) is 0 Å². The minimum atomic E-state index is -0.0628. The van der Waals surface area contributed by atoms with Crippen LogP contribution in [0.1, 0.15) is 34.1 Å². The number of anilines is 1. The molecule has 0 bridgehead atoms. The van der Waals surface area contributed by atoms with Gasteiger partial charge in [0.25, 0.3) is 0 Å². The number of benzene rings is 3. The fourth-order valence-electron chi connectivity index (χ4n) is 4.64. The van der Waals surface area contributed by atoms with E-state index in [1.54, 1.807) is 0 Å². The summed E-state index contributed by atoms with van der Waals surface area (Å²) in [5, 5.41) is 3.19. The fraction of sp³-hybridized carbons (Fsp3) is 0.174. The number of hydrogen-bond donors (Lipinski definition) is 1. The number of carbonyl (C=O) groups excluding carboxylic acids is 1. The van der Waals surface area contributed by atoms with Gasteiger partial charge in [-0.3, -0.25) is 4.79 Å². The van der Waals surface area contributed by atoms with Crippen molar-refractivity contribution < 1.29 is 4.79 Å². The zero-order valence-electron chi connectivity index (χ0n) is 13.9. The van der Waals surface area contributed by atoms with Gasteiger partial charge >= 0.3 is 0 Å². The van der Waals surface area contributed by atoms with Crippen LogP contribution in [0.25, 0.3) is 0 Å². The molecule has 0 saturated heterocycles. The summed E-state index contributed by atoms with van der Waals surface area (Å²) in [7, 11) is 0. The molecule has 3 aromatic carbocycles. The van der Waals surface area contributed by atoms with E-state index in [0.29, 0.717) is 0 Å². The van der Waals surface area contributed by atoms with Crippen LogP contribution in [0.5, 0.6) is 0 Å². The minimum absolute atomic E-state index is 0.0628. The maximum absolute atomic E-state index is 13.2. The van der Waals surface area contributed by atoms with Gasteiger partial charge in [0.1, 0.15) is 0 Å². The lowest BCUT2D eigenvalue weighted by molar-refractivity contribution is -0.120. The Labute approximate surface area is 147 Å². The summed E-state index contributed by atoms with van der Waals surface area (Å²) < 4.78 is 0. The summed E-state index contributed by atoms with van der Waals surface area (Å²) in [5.74, 6) is 0.425. The molecule has 0 fully saturated rings. The summed E-state index contributed by atoms with van der Waals surface area (Å²) in [6, 6.07) is 27.2. The molecule has 2 heteroatoms. The maximum atomic E-state index is 13.2. The van der Waals surface area contributed by atoms with E-state index >= 15 is 0 Å². The van der Waals surface area contributed by atoms with Gasteiger partial charge in [0.15, 0.2) is 0 Å². The van der Waals surface area contributed by atoms with Gasteiger partial charge in [0.05, 0.1) is 5.92 Å². The van der Waals surface area contributed by atoms with Crippen molar-refractivity contribution in [1.82, 2.24) is 0 Å². The van der Waals surface area contributed by atoms with Crippen molar-refractivity contribution in [3.05, 3.63) is 101 Å². The molecule has 0 radical (unpaired) electrons. The van der Waals surface area contributed by atoms with E-state index in [2.05, 4.69) is 66.0 Å². The van der Waals surface area contributed by atoms with Crippen LogP contribution in [0, 0.1) is 5.92 Å². The summed E-state index contributed by atoms with van der Waals surface area (Å²) in [6.07, 6.45) is 0.903. The van der Waals surface area contributed by atoms with E-state index in [1.807, 2.05) is 18.2 Å². The predicted octanol–water partition coefficient (Wildman–Crippen LogP) is 4.73. The zero-order valence-corrected chi connectivity index (χ0v) is 13.9. The Hall–Kier alpha value is -2.87. The molecule has 1 N–H and O–H groups in total. The van der Waals surface area contributed by atoms with Crippen LogP contribution in [0.3, 0.4) is 0 Å². The molecular formula is C23H19NO. The first-order valence-electron chi connectivity index (χ1n) is 8.85. The van der Waals surface area contributed by atoms with E-state index in [1.165, 1.54) is 22.3 Å². The number of amides is 1. The second-order valence-corrected chi connectivity index (χ2v) is 7.00. The molecule has 2 aliphatic rings. The molecule has 1 aliphatic heterocycles. The number of hydrogen-bond acceptors (Lipinski definition) is 1. The zero-order chi connectivity index (χ0) is 16.8. The smallest absolute Gasteiger partial charge is 0.229 e. The summed E-state index contributed by atoms with van der Waals surface area (Å²) in [6.45, 7) is 0. The highest BCUT2D eigenvalue weighted by atomic mass is 16.2. The second kappa shape index (κ2) is 5.59. The number of carbonyl (C=O) groups is 1. The van der Waals surface area contributed by atoms with Crippen LogP contribution in [0.2, 0.25) is 0 Å². The molecule has 25 heavy (non-hydrogen) atoms. The Balaban J connectivity index is 1.70. The minimum Gasteiger partial charge on any atom is -0.326 e. The Kier molecular flexibility index (Phi) is 3.24. The van der Waals surface area contributed by atoms with E-state index in [0.717, 1.165) is 12.1 Å². The highest BCUT2D eigenvalue weighted by molar-refractivity contribution is 5.96. The van der Waals surface area contributed by atoms with Crippen LogP contribution < -0.4 is 5.32 Å². The third-order valence-electron chi connectivity index (χ3n) is 5.70. The topological polar surface area (TPSA) is 29.1 Å². The molecule has 0 saturated carbocycles. The van der Waals surface area contributed by atoms with E-state index < -0.39 is 0 Å². The van der Waals surface area contributed by atoms with Crippen LogP contribution in [-0.2, 0) is 11.2 Å². The summed E-state index contributed by atoms with van der Waals surface area (Å²) >= 11 is 0. The first-order valence-corrected chi connectivity index (χ1v) is 8.85. The van der Waals surface area contributed by atoms with Crippen molar-refractivity contribution in [1.29, 1.82) is 0 Å². The molecule has 1 heterocycles. The van der Waals surface area contributed by atoms with Gasteiger partial charge in [-0.05, 0) is 34.7 Å². The third-order valence-corrected chi connectivity index (χ3v) is 5.70. The lowest BCUT2D eigenvalue weighted by atomic mass is 9.80. The number of rotatable bonds is 1. The quantitative estimate of drug-likeness (QED) is 0.689. The molecule has 1 amide bonds. The van der Waals surface area contributed by atoms with Crippen molar-refractivity contribution in [2.75, 3.05) is 5.32 Å². The molecule has 0 spiro atoms. The molecule has 122 valence electrons. The molecule has 3 aromatic rings. The third kappa shape index (κ3) is 2.21. The monoisotopic (exact) mass is 325 g/mol. The summed E-state index contributed by atoms with van der Waals surface area (Å²) in [5.41, 5.74) is 6.05. The van der Waals surface area contributed by atoms with Crippen LogP contribution in [-0.4, -0.2) is 5.91 Å². The predicted molar refractivity (Wildman–Crippen MR) is 99.7 cm³/mol. The first kappa shape index (κ1) is 14.5. The van der Waals surface area contributed by atoms with Gasteiger partial charge in [-0.2, -0.15) is 0 Å². The second-order valence-electron chi connectivity index (χ2n) is 7.00. The highest BCUT2D eigenvalue weighted by Crippen LogP contribution is 2.52. The lowest BCUT2D eigenvalue weighted by Crippen LogP contribution is -2.28. The molecule has 1 aliphatic carbocycles. The lowest BCUT2D eigenvalue weighted by Gasteiger charge is -2.22. The molecule has 0 aromatic heterocycles. The molecule has 3 atom stereocenters. The van der Waals surface area contributed by atoms with Crippen LogP contribution >= 0.6 is 0 Å². The first-order chi connectivity index (χ1) is 12.3. The number of fused-ring (bicyclic) bond motifs is 4. The van der Waals surface area contributed by atoms with Gasteiger partial charge in [0, 0.05) is 17.5 Å². The number of nitrogens with one attached hydrogen (secondary N) is 1. The highest BCUT2D eigenvalue weighted by Gasteiger charge is 2.46. The fourth-order valence-corrected chi connectivity index (χ4v) is 4.64. The largest absolute Gasteiger partial charge is 0.326 e. The molecule has 0 unspecified atom stereocenters. The van der Waals surface area contributed by atoms with Crippen molar-refractivity contribution >= 4 is 11.6 Å². The van der Waals surface area contributed by atoms with E-state index in [-0.39, 0.29) is 23.7 Å². The van der Waals surface area contributed by atoms with Gasteiger partial charge in [-0.15, -0.1) is 0 Å². The van der Waals surface area contributed by atoms with Crippen molar-refractivity contribution in [2.24, 2.45) is 5.92 Å². The Morgan fingerprint density at radius 2 is 1.44 bits per heavy atom. The molecule has 5 rings (SSSR count). The molecular weight excluding hydrogens is 306 g/mol. The van der Waals surface area contributed by atoms with Crippen molar-refractivity contribution in [3.8, 4) is 0 Å². The SMILES string of the molecule is O=C1Nc2ccccc2C[C@@H]2c3ccccc3[C@@H](c3ccccc3)[C@H]12. The number of para-hydroxylation sites is 1. The van der Waals surface area contributed by atoms with Gasteiger partial charge in [-0.25, -0.2) is 0 Å². The van der Waals surface area contributed by atoms with Gasteiger partial charge < -0.3 is 5.32 Å². The Morgan fingerprint density at radius 1 is 0.760 bits per heavy atom. The molecule has 2 nitrogen and oxygen atoms in total. The Bertz CT molecular complexity index is 947. The normalized spacial score (nSPS) is 23.8. The standard InChI is InChI=1S/C23H19NO/c25-23-22-19(14-16-10-4-7-13-20(16)24-23)17-11-5-6-12-18(17)21(22)15-8-2-1-3-9-15/h1-13,19,21-22H,14H2,(H,24,25)/t19-,21-,22-/m1/s1. The van der Waals surface area contributed by atoms with E-state index in [9.17, 15) is 4.79 Å². The van der Waals surface area contributed by atoms with Gasteiger partial charge in [-0.1, -0.05) is 72.8 Å². The van der Waals surface area contributed by atoms with Crippen LogP contribution in [0.4, 0.5) is 5.69 Å². The van der Waals surface area contributed by atoms with Crippen molar-refractivity contribution in [2.45, 2.75) is 18.3 Å². The van der Waals surface area contributed by atoms with Gasteiger partial charge in [0.2, 0.25) is 5.91 Å². The van der Waals surface area contributed by atoms with Crippen LogP contribution in [0.15, 0.2) is 78.9 Å². The average molecular weight is 325 g/mol. The maximum Gasteiger partial charge on any atom is 0.229 e. The van der Waals surface area contributed by atoms with E-state index in [4.69, 9.17) is 0 Å².